The van der Waals surface area contributed by atoms with Gasteiger partial charge in [0.1, 0.15) is 13.0 Å². The van der Waals surface area contributed by atoms with Crippen molar-refractivity contribution in [3.63, 3.8) is 0 Å². The Labute approximate surface area is 86.0 Å². The van der Waals surface area contributed by atoms with Crippen LogP contribution in [0.25, 0.3) is 0 Å². The normalized spacial score (nSPS) is 14.0. The van der Waals surface area contributed by atoms with E-state index in [2.05, 4.69) is 10.5 Å². The van der Waals surface area contributed by atoms with Crippen molar-refractivity contribution in [2.45, 2.75) is 0 Å². The van der Waals surface area contributed by atoms with E-state index in [1.54, 1.807) is 18.5 Å². The number of anilines is 2. The number of carbonyl (C=O) groups is 1. The van der Waals surface area contributed by atoms with E-state index < -0.39 is 5.97 Å². The van der Waals surface area contributed by atoms with Crippen LogP contribution in [-0.4, -0.2) is 24.1 Å². The van der Waals surface area contributed by atoms with Gasteiger partial charge in [-0.3, -0.25) is 5.43 Å². The second kappa shape index (κ2) is 3.49. The molecule has 0 spiro atoms. The van der Waals surface area contributed by atoms with E-state index >= 15 is 0 Å². The minimum absolute atomic E-state index is 0.114. The molecule has 6 nitrogen and oxygen atoms in total. The summed E-state index contributed by atoms with van der Waals surface area (Å²) < 4.78 is 0. The Hall–Kier alpha value is -2.24. The number of benzene rings is 1. The zero-order valence-corrected chi connectivity index (χ0v) is 7.84. The van der Waals surface area contributed by atoms with Crippen LogP contribution in [0.3, 0.4) is 0 Å². The molecule has 0 atom stereocenters. The highest BCUT2D eigenvalue weighted by Crippen LogP contribution is 2.21. The fraction of sp³-hybridized carbons (Fsp3) is 0.111. The fourth-order valence-electron chi connectivity index (χ4n) is 1.35. The van der Waals surface area contributed by atoms with Crippen LogP contribution in [0.15, 0.2) is 23.3 Å². The summed E-state index contributed by atoms with van der Waals surface area (Å²) in [5.41, 5.74) is 9.56. The summed E-state index contributed by atoms with van der Waals surface area (Å²) in [6.45, 7) is 0.561. The lowest BCUT2D eigenvalue weighted by atomic mass is 10.1. The first-order valence-electron chi connectivity index (χ1n) is 4.34. The number of nitrogens with two attached hydrogens (primary N) is 1. The number of hydrazone groups is 1. The van der Waals surface area contributed by atoms with Crippen molar-refractivity contribution in [3.05, 3.63) is 23.8 Å². The van der Waals surface area contributed by atoms with Crippen molar-refractivity contribution in [2.75, 3.05) is 17.3 Å². The molecule has 1 aromatic rings. The number of nitrogens with one attached hydrogen (secondary N) is 1. The van der Waals surface area contributed by atoms with Gasteiger partial charge in [-0.25, -0.2) is 4.79 Å². The highest BCUT2D eigenvalue weighted by molar-refractivity contribution is 5.95. The minimum Gasteiger partial charge on any atom is -0.478 e. The monoisotopic (exact) mass is 206 g/mol. The van der Waals surface area contributed by atoms with Crippen LogP contribution in [0, 0.1) is 0 Å². The largest absolute Gasteiger partial charge is 0.478 e. The predicted octanol–water partition coefficient (Wildman–Crippen LogP) is 0.277. The first-order valence-corrected chi connectivity index (χ1v) is 4.34. The van der Waals surface area contributed by atoms with Crippen molar-refractivity contribution in [2.24, 2.45) is 5.10 Å². The maximum absolute atomic E-state index is 10.7. The van der Waals surface area contributed by atoms with Gasteiger partial charge in [0.25, 0.3) is 0 Å². The second-order valence-corrected chi connectivity index (χ2v) is 3.11. The first-order chi connectivity index (χ1) is 7.18. The number of hydrogen-bond donors (Lipinski definition) is 3. The van der Waals surface area contributed by atoms with Crippen molar-refractivity contribution < 1.29 is 9.90 Å². The molecule has 1 heterocycles. The first kappa shape index (κ1) is 9.32. The van der Waals surface area contributed by atoms with Crippen LogP contribution in [0.1, 0.15) is 10.4 Å². The zero-order valence-electron chi connectivity index (χ0n) is 7.84. The number of carboxylic acid groups (broad SMARTS) is 1. The molecule has 0 amide bonds. The highest BCUT2D eigenvalue weighted by atomic mass is 16.4. The van der Waals surface area contributed by atoms with E-state index in [1.165, 1.54) is 6.07 Å². The molecule has 0 unspecified atom stereocenters. The molecule has 1 aromatic carbocycles. The SMILES string of the molecule is Nc1cc(N2C=NNC2)ccc1C(=O)O. The van der Waals surface area contributed by atoms with Crippen molar-refractivity contribution in [1.29, 1.82) is 0 Å². The molecule has 2 rings (SSSR count). The second-order valence-electron chi connectivity index (χ2n) is 3.11. The zero-order chi connectivity index (χ0) is 10.8. The lowest BCUT2D eigenvalue weighted by molar-refractivity contribution is 0.0698. The fourth-order valence-corrected chi connectivity index (χ4v) is 1.35. The summed E-state index contributed by atoms with van der Waals surface area (Å²) in [6.07, 6.45) is 1.62. The van der Waals surface area contributed by atoms with Crippen LogP contribution >= 0.6 is 0 Å². The number of aromatic carboxylic acids is 1. The summed E-state index contributed by atoms with van der Waals surface area (Å²) in [5, 5.41) is 12.6. The molecular formula is C9H10N4O2. The lowest BCUT2D eigenvalue weighted by Gasteiger charge is -2.14. The summed E-state index contributed by atoms with van der Waals surface area (Å²) >= 11 is 0. The smallest absolute Gasteiger partial charge is 0.337 e. The molecule has 1 aliphatic rings. The van der Waals surface area contributed by atoms with E-state index in [4.69, 9.17) is 10.8 Å². The minimum atomic E-state index is -1.02. The van der Waals surface area contributed by atoms with E-state index in [0.717, 1.165) is 5.69 Å². The maximum atomic E-state index is 10.7. The van der Waals surface area contributed by atoms with Gasteiger partial charge < -0.3 is 15.7 Å². The molecule has 0 aromatic heterocycles. The van der Waals surface area contributed by atoms with Crippen LogP contribution in [0.5, 0.6) is 0 Å². The molecule has 1 aliphatic heterocycles. The summed E-state index contributed by atoms with van der Waals surface area (Å²) in [7, 11) is 0. The highest BCUT2D eigenvalue weighted by Gasteiger charge is 2.12. The Morgan fingerprint density at radius 2 is 2.40 bits per heavy atom. The third kappa shape index (κ3) is 1.69. The van der Waals surface area contributed by atoms with E-state index in [9.17, 15) is 4.79 Å². The molecule has 0 radical (unpaired) electrons. The molecule has 0 saturated carbocycles. The van der Waals surface area contributed by atoms with Gasteiger partial charge >= 0.3 is 5.97 Å². The molecule has 78 valence electrons. The summed E-state index contributed by atoms with van der Waals surface area (Å²) in [4.78, 5) is 12.5. The molecule has 6 heteroatoms. The van der Waals surface area contributed by atoms with Crippen LogP contribution in [0.4, 0.5) is 11.4 Å². The van der Waals surface area contributed by atoms with Crippen LogP contribution in [-0.2, 0) is 0 Å². The molecular weight excluding hydrogens is 196 g/mol. The van der Waals surface area contributed by atoms with Gasteiger partial charge in [0, 0.05) is 11.4 Å². The van der Waals surface area contributed by atoms with Crippen LogP contribution in [0.2, 0.25) is 0 Å². The molecule has 0 saturated heterocycles. The van der Waals surface area contributed by atoms with E-state index in [1.807, 2.05) is 4.90 Å². The molecule has 0 bridgehead atoms. The third-order valence-corrected chi connectivity index (χ3v) is 2.13. The quantitative estimate of drug-likeness (QED) is 0.604. The van der Waals surface area contributed by atoms with Crippen LogP contribution < -0.4 is 16.1 Å². The van der Waals surface area contributed by atoms with Gasteiger partial charge in [-0.2, -0.15) is 5.10 Å². The van der Waals surface area contributed by atoms with E-state index in [-0.39, 0.29) is 11.3 Å². The Morgan fingerprint density at radius 3 is 2.93 bits per heavy atom. The predicted molar refractivity (Wildman–Crippen MR) is 56.8 cm³/mol. The Bertz CT molecular complexity index is 430. The van der Waals surface area contributed by atoms with Crippen molar-refractivity contribution >= 4 is 23.7 Å². The number of nitrogen functional groups attached to an aromatic ring is 1. The van der Waals surface area contributed by atoms with Gasteiger partial charge in [0.15, 0.2) is 0 Å². The number of carboxylic acids is 1. The Balaban J connectivity index is 2.32. The number of nitrogens with zero attached hydrogens (tertiary/aromatic N) is 2. The van der Waals surface area contributed by atoms with Crippen molar-refractivity contribution in [1.82, 2.24) is 5.43 Å². The van der Waals surface area contributed by atoms with Gasteiger partial charge in [0.05, 0.1) is 5.56 Å². The average Bonchev–Trinajstić information content (AvgIpc) is 2.69. The van der Waals surface area contributed by atoms with Gasteiger partial charge in [-0.15, -0.1) is 0 Å². The Kier molecular flexibility index (Phi) is 2.17. The Morgan fingerprint density at radius 1 is 1.60 bits per heavy atom. The molecule has 4 N–H and O–H groups in total. The maximum Gasteiger partial charge on any atom is 0.337 e. The lowest BCUT2D eigenvalue weighted by Crippen LogP contribution is -2.22. The number of rotatable bonds is 2. The van der Waals surface area contributed by atoms with Gasteiger partial charge in [0.2, 0.25) is 0 Å². The summed E-state index contributed by atoms with van der Waals surface area (Å²) in [6, 6.07) is 4.79. The topological polar surface area (TPSA) is 91.0 Å². The molecule has 0 fully saturated rings. The van der Waals surface area contributed by atoms with Gasteiger partial charge in [-0.1, -0.05) is 0 Å². The standard InChI is InChI=1S/C9H10N4O2/c10-8-3-6(13-4-11-12-5-13)1-2-7(8)9(14)15/h1-4,12H,5,10H2,(H,14,15). The van der Waals surface area contributed by atoms with Crippen molar-refractivity contribution in [3.8, 4) is 0 Å². The van der Waals surface area contributed by atoms with E-state index in [0.29, 0.717) is 6.67 Å². The third-order valence-electron chi connectivity index (χ3n) is 2.13. The number of hydrogen-bond acceptors (Lipinski definition) is 5. The molecule has 15 heavy (non-hydrogen) atoms. The van der Waals surface area contributed by atoms with Gasteiger partial charge in [-0.05, 0) is 18.2 Å². The summed E-state index contributed by atoms with van der Waals surface area (Å²) in [5.74, 6) is -1.02. The molecule has 0 aliphatic carbocycles. The average molecular weight is 206 g/mol.